The number of hydrogen-bond donors (Lipinski definition) is 2. The Labute approximate surface area is 162 Å². The van der Waals surface area contributed by atoms with Crippen molar-refractivity contribution in [3.63, 3.8) is 0 Å². The van der Waals surface area contributed by atoms with Crippen molar-refractivity contribution >= 4 is 35.1 Å². The highest BCUT2D eigenvalue weighted by molar-refractivity contribution is 8.19. The number of hydrazine groups is 1. The first-order valence-electron chi connectivity index (χ1n) is 7.89. The summed E-state index contributed by atoms with van der Waals surface area (Å²) in [5, 5.41) is 8.78. The number of nitriles is 1. The van der Waals surface area contributed by atoms with E-state index in [4.69, 9.17) is 5.26 Å². The Kier molecular flexibility index (Phi) is 5.87. The number of carbonyl (C=O) groups excluding carboxylic acids is 1. The zero-order chi connectivity index (χ0) is 19.4. The largest absolute Gasteiger partial charge is 0.418 e. The van der Waals surface area contributed by atoms with Crippen LogP contribution >= 0.6 is 23.5 Å². The van der Waals surface area contributed by atoms with E-state index in [1.807, 2.05) is 35.7 Å². The van der Waals surface area contributed by atoms with Gasteiger partial charge in [-0.3, -0.25) is 15.6 Å². The van der Waals surface area contributed by atoms with E-state index in [2.05, 4.69) is 10.9 Å². The molecule has 1 amide bonds. The Hall–Kier alpha value is -2.31. The normalized spacial score (nSPS) is 14.6. The summed E-state index contributed by atoms with van der Waals surface area (Å²) in [6, 6.07) is 11.8. The van der Waals surface area contributed by atoms with Crippen molar-refractivity contribution in [1.29, 1.82) is 5.26 Å². The van der Waals surface area contributed by atoms with Crippen LogP contribution < -0.4 is 10.9 Å². The number of amides is 1. The molecule has 1 fully saturated rings. The smallest absolute Gasteiger partial charge is 0.298 e. The van der Waals surface area contributed by atoms with Gasteiger partial charge in [-0.05, 0) is 35.9 Å². The molecule has 0 unspecified atom stereocenters. The van der Waals surface area contributed by atoms with E-state index in [1.54, 1.807) is 18.2 Å². The van der Waals surface area contributed by atoms with Crippen molar-refractivity contribution in [1.82, 2.24) is 5.43 Å². The van der Waals surface area contributed by atoms with E-state index in [0.29, 0.717) is 10.1 Å². The van der Waals surface area contributed by atoms with Crippen LogP contribution in [0.2, 0.25) is 0 Å². The molecule has 4 nitrogen and oxygen atoms in total. The zero-order valence-corrected chi connectivity index (χ0v) is 15.5. The molecule has 0 radical (unpaired) electrons. The minimum Gasteiger partial charge on any atom is -0.298 e. The molecule has 2 N–H and O–H groups in total. The predicted octanol–water partition coefficient (Wildman–Crippen LogP) is 4.81. The lowest BCUT2D eigenvalue weighted by Gasteiger charge is -2.15. The van der Waals surface area contributed by atoms with Gasteiger partial charge in [-0.1, -0.05) is 12.1 Å². The lowest BCUT2D eigenvalue weighted by Crippen LogP contribution is -2.30. The van der Waals surface area contributed by atoms with Crippen LogP contribution in [-0.2, 0) is 6.18 Å². The number of thioether (sulfide) groups is 2. The van der Waals surface area contributed by atoms with Crippen LogP contribution in [0.3, 0.4) is 0 Å². The van der Waals surface area contributed by atoms with Gasteiger partial charge in [0.1, 0.15) is 0 Å². The molecule has 0 saturated carbocycles. The molecule has 0 atom stereocenters. The topological polar surface area (TPSA) is 64.9 Å². The number of benzene rings is 2. The molecule has 3 rings (SSSR count). The third-order valence-electron chi connectivity index (χ3n) is 3.83. The summed E-state index contributed by atoms with van der Waals surface area (Å²) in [7, 11) is 0. The molecular formula is C18H14F3N3OS2. The summed E-state index contributed by atoms with van der Waals surface area (Å²) in [6.07, 6.45) is -4.65. The van der Waals surface area contributed by atoms with Crippen LogP contribution in [0.25, 0.3) is 0 Å². The van der Waals surface area contributed by atoms with Crippen LogP contribution in [0.5, 0.6) is 0 Å². The van der Waals surface area contributed by atoms with Crippen LogP contribution in [0.4, 0.5) is 18.9 Å². The van der Waals surface area contributed by atoms with Gasteiger partial charge in [0, 0.05) is 17.1 Å². The van der Waals surface area contributed by atoms with Gasteiger partial charge in [-0.15, -0.1) is 23.5 Å². The minimum absolute atomic E-state index is 0.113. The van der Waals surface area contributed by atoms with Gasteiger partial charge < -0.3 is 0 Å². The summed E-state index contributed by atoms with van der Waals surface area (Å²) in [6.45, 7) is 0. The van der Waals surface area contributed by atoms with Gasteiger partial charge >= 0.3 is 6.18 Å². The summed E-state index contributed by atoms with van der Waals surface area (Å²) in [4.78, 5) is 12.2. The number of anilines is 1. The average molecular weight is 409 g/mol. The van der Waals surface area contributed by atoms with Gasteiger partial charge in [0.2, 0.25) is 0 Å². The van der Waals surface area contributed by atoms with Gasteiger partial charge in [0.15, 0.2) is 0 Å². The summed E-state index contributed by atoms with van der Waals surface area (Å²) >= 11 is 3.69. The molecule has 140 valence electrons. The van der Waals surface area contributed by atoms with Gasteiger partial charge in [-0.25, -0.2) is 0 Å². The molecule has 0 bridgehead atoms. The second kappa shape index (κ2) is 8.15. The lowest BCUT2D eigenvalue weighted by atomic mass is 10.1. The Bertz CT molecular complexity index is 873. The fraction of sp³-hybridized carbons (Fsp3) is 0.222. The molecule has 2 aromatic carbocycles. The van der Waals surface area contributed by atoms with Crippen LogP contribution in [0.15, 0.2) is 42.5 Å². The van der Waals surface area contributed by atoms with E-state index in [1.165, 1.54) is 6.07 Å². The Morgan fingerprint density at radius 2 is 1.78 bits per heavy atom. The maximum Gasteiger partial charge on any atom is 0.418 e. The van der Waals surface area contributed by atoms with Crippen molar-refractivity contribution in [2.75, 3.05) is 16.9 Å². The van der Waals surface area contributed by atoms with Gasteiger partial charge in [0.05, 0.1) is 27.5 Å². The van der Waals surface area contributed by atoms with Crippen molar-refractivity contribution < 1.29 is 18.0 Å². The van der Waals surface area contributed by atoms with E-state index in [9.17, 15) is 18.0 Å². The second-order valence-electron chi connectivity index (χ2n) is 5.64. The quantitative estimate of drug-likeness (QED) is 0.710. The standard InChI is InChI=1S/C18H14F3N3OS2/c19-18(20,21)14-9-11(10-22)1-6-15(14)23-24-16(25)12-2-4-13(5-3-12)17-26-7-8-27-17/h1-6,9,17,23H,7-8H2,(H,24,25). The van der Waals surface area contributed by atoms with Crippen molar-refractivity contribution in [3.05, 3.63) is 64.7 Å². The molecule has 2 aromatic rings. The molecular weight excluding hydrogens is 395 g/mol. The number of hydrogen-bond acceptors (Lipinski definition) is 5. The fourth-order valence-corrected chi connectivity index (χ4v) is 5.36. The first-order valence-corrected chi connectivity index (χ1v) is 9.99. The fourth-order valence-electron chi connectivity index (χ4n) is 2.50. The Balaban J connectivity index is 1.69. The highest BCUT2D eigenvalue weighted by Gasteiger charge is 2.34. The highest BCUT2D eigenvalue weighted by atomic mass is 32.2. The number of rotatable bonds is 4. The summed E-state index contributed by atoms with van der Waals surface area (Å²) < 4.78 is 39.8. The molecule has 0 spiro atoms. The molecule has 1 heterocycles. The lowest BCUT2D eigenvalue weighted by molar-refractivity contribution is -0.137. The Morgan fingerprint density at radius 3 is 2.37 bits per heavy atom. The van der Waals surface area contributed by atoms with Crippen LogP contribution in [-0.4, -0.2) is 17.4 Å². The highest BCUT2D eigenvalue weighted by Crippen LogP contribution is 2.45. The minimum atomic E-state index is -4.65. The molecule has 0 aliphatic carbocycles. The van der Waals surface area contributed by atoms with Crippen LogP contribution in [0.1, 0.15) is 31.6 Å². The van der Waals surface area contributed by atoms with Crippen molar-refractivity contribution in [3.8, 4) is 6.07 Å². The molecule has 27 heavy (non-hydrogen) atoms. The Morgan fingerprint density at radius 1 is 1.11 bits per heavy atom. The number of nitrogens with zero attached hydrogens (tertiary/aromatic N) is 1. The predicted molar refractivity (Wildman–Crippen MR) is 101 cm³/mol. The summed E-state index contributed by atoms with van der Waals surface area (Å²) in [5.74, 6) is 1.63. The van der Waals surface area contributed by atoms with E-state index < -0.39 is 17.6 Å². The third-order valence-corrected chi connectivity index (χ3v) is 6.94. The molecule has 1 aliphatic heterocycles. The van der Waals surface area contributed by atoms with E-state index in [-0.39, 0.29) is 11.3 Å². The molecule has 1 aliphatic rings. The third kappa shape index (κ3) is 4.70. The first-order chi connectivity index (χ1) is 12.9. The van der Waals surface area contributed by atoms with Crippen molar-refractivity contribution in [2.45, 2.75) is 10.8 Å². The maximum absolute atomic E-state index is 13.1. The number of halogens is 3. The van der Waals surface area contributed by atoms with E-state index >= 15 is 0 Å². The number of alkyl halides is 3. The van der Waals surface area contributed by atoms with Gasteiger partial charge in [0.25, 0.3) is 5.91 Å². The zero-order valence-electron chi connectivity index (χ0n) is 13.8. The molecule has 9 heteroatoms. The molecule has 0 aromatic heterocycles. The first kappa shape index (κ1) is 19.5. The van der Waals surface area contributed by atoms with Gasteiger partial charge in [-0.2, -0.15) is 18.4 Å². The molecule has 1 saturated heterocycles. The average Bonchev–Trinajstić information content (AvgIpc) is 3.20. The summed E-state index contributed by atoms with van der Waals surface area (Å²) in [5.41, 5.74) is 4.56. The van der Waals surface area contributed by atoms with E-state index in [0.717, 1.165) is 29.2 Å². The monoisotopic (exact) mass is 409 g/mol. The second-order valence-corrected chi connectivity index (χ2v) is 8.37. The number of carbonyl (C=O) groups is 1. The van der Waals surface area contributed by atoms with Crippen molar-refractivity contribution in [2.24, 2.45) is 0 Å². The number of nitrogens with one attached hydrogen (secondary N) is 2. The SMILES string of the molecule is N#Cc1ccc(NNC(=O)c2ccc(C3SCCS3)cc2)c(C(F)(F)F)c1. The van der Waals surface area contributed by atoms with Crippen LogP contribution in [0, 0.1) is 11.3 Å². The maximum atomic E-state index is 13.1.